The molecular weight excluding hydrogens is 238 g/mol. The number of hydroxylamine groups is 1. The third-order valence-electron chi connectivity index (χ3n) is 1.45. The van der Waals surface area contributed by atoms with Crippen molar-refractivity contribution >= 4 is 12.1 Å². The zero-order valence-electron chi connectivity index (χ0n) is 9.96. The lowest BCUT2D eigenvalue weighted by atomic mass is 10.3. The first-order valence-electron chi connectivity index (χ1n) is 5.10. The molecule has 0 atom stereocenters. The fourth-order valence-corrected chi connectivity index (χ4v) is 0.750. The maximum atomic E-state index is 10.8. The molecular formula is C12H15NO5. The first kappa shape index (κ1) is 15.5. The molecule has 0 aliphatic carbocycles. The Hall–Kier alpha value is -2.50. The van der Waals surface area contributed by atoms with Gasteiger partial charge >= 0.3 is 12.1 Å². The number of carbonyl (C=O) groups is 2. The largest absolute Gasteiger partial charge is 0.478 e. The standard InChI is InChI=1S/C9H11NO3.C3H4O2/c1-2-12-9(11)10-13-8-6-4-3-5-7-8;1-2-3(4)5/h3-7H,2H2,1H3,(H,10,11);2H,1H2,(H,4,5). The highest BCUT2D eigenvalue weighted by atomic mass is 16.7. The van der Waals surface area contributed by atoms with Crippen LogP contribution in [0.5, 0.6) is 5.75 Å². The average molecular weight is 253 g/mol. The predicted molar refractivity (Wildman–Crippen MR) is 65.1 cm³/mol. The zero-order chi connectivity index (χ0) is 13.8. The van der Waals surface area contributed by atoms with E-state index in [1.54, 1.807) is 19.1 Å². The second-order valence-electron chi connectivity index (χ2n) is 2.78. The van der Waals surface area contributed by atoms with Gasteiger partial charge in [0.15, 0.2) is 5.75 Å². The minimum Gasteiger partial charge on any atom is -0.478 e. The molecule has 0 radical (unpaired) electrons. The molecule has 0 saturated carbocycles. The van der Waals surface area contributed by atoms with Crippen molar-refractivity contribution in [1.82, 2.24) is 5.48 Å². The van der Waals surface area contributed by atoms with Crippen LogP contribution in [-0.4, -0.2) is 23.8 Å². The number of hydrogen-bond acceptors (Lipinski definition) is 4. The number of ether oxygens (including phenoxy) is 1. The van der Waals surface area contributed by atoms with Gasteiger partial charge in [-0.2, -0.15) is 5.48 Å². The number of aliphatic carboxylic acids is 1. The molecule has 6 nitrogen and oxygen atoms in total. The highest BCUT2D eigenvalue weighted by molar-refractivity contribution is 5.78. The summed E-state index contributed by atoms with van der Waals surface area (Å²) in [5.41, 5.74) is 2.14. The smallest absolute Gasteiger partial charge is 0.440 e. The Labute approximate surface area is 105 Å². The van der Waals surface area contributed by atoms with E-state index in [9.17, 15) is 9.59 Å². The number of carboxylic acids is 1. The molecule has 0 spiro atoms. The molecule has 6 heteroatoms. The van der Waals surface area contributed by atoms with E-state index in [0.717, 1.165) is 6.08 Å². The van der Waals surface area contributed by atoms with Crippen molar-refractivity contribution in [3.05, 3.63) is 43.0 Å². The number of amides is 1. The Morgan fingerprint density at radius 2 is 1.94 bits per heavy atom. The molecule has 1 amide bonds. The molecule has 0 bridgehead atoms. The maximum Gasteiger partial charge on any atom is 0.440 e. The van der Waals surface area contributed by atoms with Crippen LogP contribution in [0, 0.1) is 0 Å². The van der Waals surface area contributed by atoms with Crippen molar-refractivity contribution in [2.75, 3.05) is 6.61 Å². The summed E-state index contributed by atoms with van der Waals surface area (Å²) in [6.07, 6.45) is 0.242. The highest BCUT2D eigenvalue weighted by Crippen LogP contribution is 2.06. The van der Waals surface area contributed by atoms with Crippen LogP contribution in [0.15, 0.2) is 43.0 Å². The minimum atomic E-state index is -0.981. The van der Waals surface area contributed by atoms with Gasteiger partial charge in [-0.05, 0) is 19.1 Å². The van der Waals surface area contributed by atoms with E-state index >= 15 is 0 Å². The lowest BCUT2D eigenvalue weighted by molar-refractivity contribution is -0.131. The normalized spacial score (nSPS) is 8.28. The first-order chi connectivity index (χ1) is 8.60. The Bertz CT molecular complexity index is 377. The Morgan fingerprint density at radius 3 is 2.39 bits per heavy atom. The van der Waals surface area contributed by atoms with Crippen LogP contribution in [0.1, 0.15) is 6.92 Å². The summed E-state index contributed by atoms with van der Waals surface area (Å²) in [5.74, 6) is -0.416. The number of carboxylic acid groups (broad SMARTS) is 1. The Balaban J connectivity index is 0.000000494. The van der Waals surface area contributed by atoms with Crippen molar-refractivity contribution in [3.8, 4) is 5.75 Å². The van der Waals surface area contributed by atoms with Gasteiger partial charge in [-0.1, -0.05) is 24.8 Å². The number of rotatable bonds is 4. The number of benzene rings is 1. The van der Waals surface area contributed by atoms with Crippen molar-refractivity contribution in [1.29, 1.82) is 0 Å². The summed E-state index contributed by atoms with van der Waals surface area (Å²) in [6.45, 7) is 5.01. The van der Waals surface area contributed by atoms with E-state index in [0.29, 0.717) is 12.4 Å². The molecule has 0 heterocycles. The topological polar surface area (TPSA) is 84.9 Å². The number of hydrogen-bond donors (Lipinski definition) is 2. The van der Waals surface area contributed by atoms with Gasteiger partial charge in [0.2, 0.25) is 0 Å². The average Bonchev–Trinajstić information content (AvgIpc) is 2.38. The third-order valence-corrected chi connectivity index (χ3v) is 1.45. The van der Waals surface area contributed by atoms with Gasteiger partial charge in [0.25, 0.3) is 0 Å². The molecule has 0 unspecified atom stereocenters. The summed E-state index contributed by atoms with van der Waals surface area (Å²) >= 11 is 0. The summed E-state index contributed by atoms with van der Waals surface area (Å²) < 4.78 is 4.59. The molecule has 0 aliphatic rings. The lowest BCUT2D eigenvalue weighted by Crippen LogP contribution is -2.27. The highest BCUT2D eigenvalue weighted by Gasteiger charge is 1.99. The monoisotopic (exact) mass is 253 g/mol. The summed E-state index contributed by atoms with van der Waals surface area (Å²) in [7, 11) is 0. The summed E-state index contributed by atoms with van der Waals surface area (Å²) in [4.78, 5) is 24.9. The van der Waals surface area contributed by atoms with Crippen LogP contribution < -0.4 is 10.3 Å². The second-order valence-corrected chi connectivity index (χ2v) is 2.78. The van der Waals surface area contributed by atoms with E-state index < -0.39 is 12.1 Å². The van der Waals surface area contributed by atoms with E-state index in [-0.39, 0.29) is 0 Å². The number of para-hydroxylation sites is 1. The number of carbonyl (C=O) groups excluding carboxylic acids is 1. The van der Waals surface area contributed by atoms with Crippen LogP contribution in [0.3, 0.4) is 0 Å². The Morgan fingerprint density at radius 1 is 1.39 bits per heavy atom. The quantitative estimate of drug-likeness (QED) is 0.633. The van der Waals surface area contributed by atoms with Gasteiger partial charge in [0.1, 0.15) is 0 Å². The van der Waals surface area contributed by atoms with Gasteiger partial charge in [0.05, 0.1) is 6.61 Å². The summed E-state index contributed by atoms with van der Waals surface area (Å²) in [6, 6.07) is 8.93. The third kappa shape index (κ3) is 8.78. The molecule has 18 heavy (non-hydrogen) atoms. The molecule has 2 N–H and O–H groups in total. The van der Waals surface area contributed by atoms with E-state index in [4.69, 9.17) is 9.94 Å². The Kier molecular flexibility index (Phi) is 8.36. The first-order valence-corrected chi connectivity index (χ1v) is 5.10. The second kappa shape index (κ2) is 9.71. The predicted octanol–water partition coefficient (Wildman–Crippen LogP) is 1.98. The molecule has 0 fully saturated rings. The van der Waals surface area contributed by atoms with Crippen LogP contribution in [0.4, 0.5) is 4.79 Å². The van der Waals surface area contributed by atoms with Gasteiger partial charge in [-0.25, -0.2) is 9.59 Å². The van der Waals surface area contributed by atoms with Crippen molar-refractivity contribution in [3.63, 3.8) is 0 Å². The van der Waals surface area contributed by atoms with Gasteiger partial charge < -0.3 is 14.7 Å². The molecule has 0 aliphatic heterocycles. The van der Waals surface area contributed by atoms with Crippen molar-refractivity contribution in [2.24, 2.45) is 0 Å². The van der Waals surface area contributed by atoms with Gasteiger partial charge in [-0.15, -0.1) is 0 Å². The number of nitrogens with one attached hydrogen (secondary N) is 1. The van der Waals surface area contributed by atoms with Crippen molar-refractivity contribution in [2.45, 2.75) is 6.92 Å². The van der Waals surface area contributed by atoms with E-state index in [1.807, 2.05) is 18.2 Å². The molecule has 0 saturated heterocycles. The molecule has 98 valence electrons. The molecule has 0 aromatic heterocycles. The lowest BCUT2D eigenvalue weighted by Gasteiger charge is -2.05. The minimum absolute atomic E-state index is 0.323. The maximum absolute atomic E-state index is 10.8. The van der Waals surface area contributed by atoms with Crippen LogP contribution in [-0.2, 0) is 9.53 Å². The van der Waals surface area contributed by atoms with E-state index in [1.165, 1.54) is 0 Å². The fraction of sp³-hybridized carbons (Fsp3) is 0.167. The van der Waals surface area contributed by atoms with E-state index in [2.05, 4.69) is 16.8 Å². The molecule has 1 aromatic carbocycles. The van der Waals surface area contributed by atoms with Crippen molar-refractivity contribution < 1.29 is 24.3 Å². The van der Waals surface area contributed by atoms with Gasteiger partial charge in [-0.3, -0.25) is 0 Å². The van der Waals surface area contributed by atoms with Crippen LogP contribution in [0.25, 0.3) is 0 Å². The fourth-order valence-electron chi connectivity index (χ4n) is 0.750. The van der Waals surface area contributed by atoms with Crippen LogP contribution in [0.2, 0.25) is 0 Å². The molecule has 1 aromatic rings. The summed E-state index contributed by atoms with van der Waals surface area (Å²) in [5, 5.41) is 7.60. The zero-order valence-corrected chi connectivity index (χ0v) is 9.96. The molecule has 1 rings (SSSR count). The van der Waals surface area contributed by atoms with Gasteiger partial charge in [0, 0.05) is 6.08 Å². The SMILES string of the molecule is C=CC(=O)O.CCOC(=O)NOc1ccccc1. The van der Waals surface area contributed by atoms with Crippen LogP contribution >= 0.6 is 0 Å².